The summed E-state index contributed by atoms with van der Waals surface area (Å²) in [5.41, 5.74) is 1.52. The van der Waals surface area contributed by atoms with Crippen molar-refractivity contribution in [3.8, 4) is 5.75 Å². The van der Waals surface area contributed by atoms with E-state index in [0.29, 0.717) is 24.9 Å². The summed E-state index contributed by atoms with van der Waals surface area (Å²) in [6.45, 7) is 4.41. The largest absolute Gasteiger partial charge is 0.491 e. The number of carbonyl (C=O) groups excluding carboxylic acids is 1. The van der Waals surface area contributed by atoms with Crippen LogP contribution in [0.2, 0.25) is 0 Å². The number of carbonyl (C=O) groups is 1. The van der Waals surface area contributed by atoms with Crippen LogP contribution in [-0.2, 0) is 28.9 Å². The molecule has 0 radical (unpaired) electrons. The van der Waals surface area contributed by atoms with Crippen LogP contribution >= 0.6 is 0 Å². The highest BCUT2D eigenvalue weighted by molar-refractivity contribution is 5.78. The first kappa shape index (κ1) is 20.9. The fourth-order valence-electron chi connectivity index (χ4n) is 4.43. The van der Waals surface area contributed by atoms with Crippen LogP contribution in [0.5, 0.6) is 5.75 Å². The van der Waals surface area contributed by atoms with E-state index in [2.05, 4.69) is 16.9 Å². The molecule has 4 rings (SSSR count). The van der Waals surface area contributed by atoms with Gasteiger partial charge >= 0.3 is 12.1 Å². The van der Waals surface area contributed by atoms with Crippen molar-refractivity contribution in [3.05, 3.63) is 47.8 Å². The lowest BCUT2D eigenvalue weighted by Gasteiger charge is -2.47. The molecule has 9 heteroatoms. The van der Waals surface area contributed by atoms with Gasteiger partial charge in [0.05, 0.1) is 18.8 Å². The molecule has 1 aliphatic heterocycles. The topological polar surface area (TPSA) is 56.6 Å². The molecule has 0 saturated carbocycles. The summed E-state index contributed by atoms with van der Waals surface area (Å²) >= 11 is 0. The molecular formula is C21H24F3N3O3. The number of rotatable bonds is 5. The monoisotopic (exact) mass is 423 g/mol. The van der Waals surface area contributed by atoms with Crippen molar-refractivity contribution in [2.75, 3.05) is 13.1 Å². The fourth-order valence-corrected chi connectivity index (χ4v) is 4.43. The Morgan fingerprint density at radius 3 is 2.83 bits per heavy atom. The normalized spacial score (nSPS) is 24.2. The van der Waals surface area contributed by atoms with Crippen LogP contribution in [0.25, 0.3) is 0 Å². The van der Waals surface area contributed by atoms with Gasteiger partial charge in [0.1, 0.15) is 5.75 Å². The lowest BCUT2D eigenvalue weighted by Crippen LogP contribution is -2.58. The molecule has 1 aromatic carbocycles. The summed E-state index contributed by atoms with van der Waals surface area (Å²) < 4.78 is 50.9. The van der Waals surface area contributed by atoms with Crippen LogP contribution in [0.15, 0.2) is 36.7 Å². The molecule has 2 heterocycles. The predicted molar refractivity (Wildman–Crippen MR) is 102 cm³/mol. The fraction of sp³-hybridized carbons (Fsp3) is 0.524. The number of nitrogens with zero attached hydrogens (tertiary/aromatic N) is 3. The molecule has 0 N–H and O–H groups in total. The number of esters is 1. The van der Waals surface area contributed by atoms with E-state index in [0.717, 1.165) is 25.1 Å². The van der Waals surface area contributed by atoms with Gasteiger partial charge in [0.2, 0.25) is 0 Å². The van der Waals surface area contributed by atoms with Crippen LogP contribution in [0.4, 0.5) is 13.2 Å². The van der Waals surface area contributed by atoms with Gasteiger partial charge in [0.15, 0.2) is 0 Å². The molecule has 162 valence electrons. The van der Waals surface area contributed by atoms with Crippen molar-refractivity contribution >= 4 is 5.97 Å². The number of morpholine rings is 1. The summed E-state index contributed by atoms with van der Waals surface area (Å²) in [6.07, 6.45) is 0.330. The number of benzene rings is 1. The van der Waals surface area contributed by atoms with Crippen LogP contribution < -0.4 is 4.74 Å². The number of ether oxygens (including phenoxy) is 2. The lowest BCUT2D eigenvalue weighted by atomic mass is 9.83. The molecule has 0 amide bonds. The van der Waals surface area contributed by atoms with Gasteiger partial charge < -0.3 is 9.47 Å². The highest BCUT2D eigenvalue weighted by Gasteiger charge is 2.43. The number of alkyl halides is 3. The summed E-state index contributed by atoms with van der Waals surface area (Å²) in [5, 5.41) is 4.25. The number of hydrogen-bond donors (Lipinski definition) is 0. The first-order valence-corrected chi connectivity index (χ1v) is 10.1. The molecule has 2 aromatic rings. The molecule has 0 bridgehead atoms. The average molecular weight is 423 g/mol. The Morgan fingerprint density at radius 1 is 1.30 bits per heavy atom. The highest BCUT2D eigenvalue weighted by atomic mass is 19.4. The third-order valence-electron chi connectivity index (χ3n) is 5.66. The minimum absolute atomic E-state index is 0.0342. The van der Waals surface area contributed by atoms with Crippen molar-refractivity contribution < 1.29 is 27.4 Å². The maximum Gasteiger partial charge on any atom is 0.491 e. The van der Waals surface area contributed by atoms with Crippen molar-refractivity contribution in [2.45, 2.75) is 57.2 Å². The second-order valence-electron chi connectivity index (χ2n) is 7.78. The smallest absolute Gasteiger partial charge is 0.420 e. The van der Waals surface area contributed by atoms with Crippen LogP contribution in [0.1, 0.15) is 24.5 Å². The number of halogens is 3. The molecule has 0 unspecified atom stereocenters. The maximum atomic E-state index is 12.7. The predicted octanol–water partition coefficient (Wildman–Crippen LogP) is 3.00. The van der Waals surface area contributed by atoms with Gasteiger partial charge in [0, 0.05) is 37.0 Å². The summed E-state index contributed by atoms with van der Waals surface area (Å²) in [7, 11) is 0. The number of fused-ring (bicyclic) bond motifs is 2. The molecule has 1 aromatic heterocycles. The summed E-state index contributed by atoms with van der Waals surface area (Å²) in [6, 6.07) is 6.92. The van der Waals surface area contributed by atoms with Crippen LogP contribution in [0, 0.1) is 0 Å². The highest BCUT2D eigenvalue weighted by Crippen LogP contribution is 2.36. The van der Waals surface area contributed by atoms with Crippen LogP contribution in [0.3, 0.4) is 0 Å². The van der Waals surface area contributed by atoms with Gasteiger partial charge in [-0.15, -0.1) is 0 Å². The third kappa shape index (κ3) is 4.37. The molecule has 0 spiro atoms. The molecule has 1 saturated heterocycles. The van der Waals surface area contributed by atoms with E-state index < -0.39 is 12.1 Å². The first-order valence-electron chi connectivity index (χ1n) is 10.1. The molecule has 6 nitrogen and oxygen atoms in total. The Bertz CT molecular complexity index is 885. The third-order valence-corrected chi connectivity index (χ3v) is 5.66. The van der Waals surface area contributed by atoms with E-state index in [1.807, 2.05) is 23.0 Å². The summed E-state index contributed by atoms with van der Waals surface area (Å²) in [4.78, 5) is 13.8. The van der Waals surface area contributed by atoms with Gasteiger partial charge in [0.25, 0.3) is 0 Å². The molecule has 2 aliphatic rings. The zero-order chi connectivity index (χ0) is 21.3. The molecule has 1 fully saturated rings. The van der Waals surface area contributed by atoms with Gasteiger partial charge in [-0.25, -0.2) is 4.79 Å². The number of aromatic nitrogens is 2. The minimum Gasteiger partial charge on any atom is -0.420 e. The van der Waals surface area contributed by atoms with Crippen molar-refractivity contribution in [1.29, 1.82) is 0 Å². The van der Waals surface area contributed by atoms with Gasteiger partial charge in [-0.05, 0) is 37.1 Å². The van der Waals surface area contributed by atoms with Gasteiger partial charge in [-0.1, -0.05) is 19.1 Å². The second kappa shape index (κ2) is 8.39. The summed E-state index contributed by atoms with van der Waals surface area (Å²) in [5.74, 6) is -2.24. The van der Waals surface area contributed by atoms with E-state index in [4.69, 9.17) is 9.47 Å². The van der Waals surface area contributed by atoms with E-state index in [1.54, 1.807) is 12.3 Å². The molecule has 30 heavy (non-hydrogen) atoms. The Labute approximate surface area is 172 Å². The SMILES string of the molecule is CCCN1C[C@@H](Cn2cccn2)O[C@@H]2Cc3c(cccc3OC(=O)C(F)(F)F)C[C@H]21. The van der Waals surface area contributed by atoms with E-state index in [1.165, 1.54) is 6.07 Å². The first-order chi connectivity index (χ1) is 14.3. The minimum atomic E-state index is -5.03. The average Bonchev–Trinajstić information content (AvgIpc) is 3.19. The Hall–Kier alpha value is -2.39. The van der Waals surface area contributed by atoms with Gasteiger partial charge in [-0.3, -0.25) is 9.58 Å². The maximum absolute atomic E-state index is 12.7. The van der Waals surface area contributed by atoms with E-state index >= 15 is 0 Å². The van der Waals surface area contributed by atoms with E-state index in [-0.39, 0.29) is 24.0 Å². The standard InChI is InChI=1S/C21H24F3N3O3/c1-2-8-26-12-15(13-27-9-4-7-25-27)29-19-11-16-14(10-17(19)26)5-3-6-18(16)30-20(28)21(22,23)24/h3-7,9,15,17,19H,2,8,10-13H2,1H3/t15-,17+,19+/m0/s1. The van der Waals surface area contributed by atoms with Crippen LogP contribution in [-0.4, -0.2) is 58.2 Å². The van der Waals surface area contributed by atoms with Crippen molar-refractivity contribution in [1.82, 2.24) is 14.7 Å². The Kier molecular flexibility index (Phi) is 5.84. The van der Waals surface area contributed by atoms with Gasteiger partial charge in [-0.2, -0.15) is 18.3 Å². The zero-order valence-corrected chi connectivity index (χ0v) is 16.6. The second-order valence-corrected chi connectivity index (χ2v) is 7.78. The van der Waals surface area contributed by atoms with Crippen molar-refractivity contribution in [2.24, 2.45) is 0 Å². The Morgan fingerprint density at radius 2 is 2.13 bits per heavy atom. The zero-order valence-electron chi connectivity index (χ0n) is 16.6. The number of hydrogen-bond acceptors (Lipinski definition) is 5. The lowest BCUT2D eigenvalue weighted by molar-refractivity contribution is -0.189. The van der Waals surface area contributed by atoms with E-state index in [9.17, 15) is 18.0 Å². The quantitative estimate of drug-likeness (QED) is 0.547. The van der Waals surface area contributed by atoms with Crippen molar-refractivity contribution in [3.63, 3.8) is 0 Å². The molecule has 3 atom stereocenters. The molecular weight excluding hydrogens is 399 g/mol. The molecule has 1 aliphatic carbocycles. The Balaban J connectivity index is 1.57.